The second kappa shape index (κ2) is 4.16. The molecule has 2 nitrogen and oxygen atoms in total. The van der Waals surface area contributed by atoms with E-state index in [0.29, 0.717) is 5.17 Å². The second-order valence-electron chi connectivity index (χ2n) is 2.64. The van der Waals surface area contributed by atoms with E-state index in [9.17, 15) is 0 Å². The van der Waals surface area contributed by atoms with Gasteiger partial charge in [-0.2, -0.15) is 0 Å². The predicted molar refractivity (Wildman–Crippen MR) is 56.2 cm³/mol. The van der Waals surface area contributed by atoms with Crippen LogP contribution in [0.3, 0.4) is 0 Å². The van der Waals surface area contributed by atoms with Gasteiger partial charge in [-0.3, -0.25) is 0 Å². The van der Waals surface area contributed by atoms with Gasteiger partial charge in [0, 0.05) is 14.1 Å². The highest BCUT2D eigenvalue weighted by atomic mass is 32.1. The Hall–Kier alpha value is -0.960. The number of thiol groups is 1. The van der Waals surface area contributed by atoms with Crippen LogP contribution in [0.5, 0.6) is 0 Å². The van der Waals surface area contributed by atoms with Crippen LogP contribution in [0.25, 0.3) is 0 Å². The summed E-state index contributed by atoms with van der Waals surface area (Å²) < 4.78 is 0. The molecule has 0 amide bonds. The van der Waals surface area contributed by atoms with Gasteiger partial charge in [0.15, 0.2) is 5.17 Å². The smallest absolute Gasteiger partial charge is 0.160 e. The number of hydrogen-bond donors (Lipinski definition) is 1. The summed E-state index contributed by atoms with van der Waals surface area (Å²) in [5.74, 6) is 0. The van der Waals surface area contributed by atoms with E-state index in [1.54, 1.807) is 0 Å². The Morgan fingerprint density at radius 2 is 1.83 bits per heavy atom. The van der Waals surface area contributed by atoms with Gasteiger partial charge in [-0.05, 0) is 12.1 Å². The van der Waals surface area contributed by atoms with Gasteiger partial charge in [-0.1, -0.05) is 18.2 Å². The van der Waals surface area contributed by atoms with Crippen molar-refractivity contribution in [3.05, 3.63) is 30.3 Å². The van der Waals surface area contributed by atoms with E-state index >= 15 is 0 Å². The maximum absolute atomic E-state index is 4.27. The lowest BCUT2D eigenvalue weighted by molar-refractivity contribution is 0.637. The molecule has 0 saturated heterocycles. The van der Waals surface area contributed by atoms with Crippen molar-refractivity contribution in [2.75, 3.05) is 14.1 Å². The molecule has 1 aromatic carbocycles. The van der Waals surface area contributed by atoms with Crippen molar-refractivity contribution in [3.8, 4) is 0 Å². The minimum absolute atomic E-state index is 0.709. The molecule has 0 unspecified atom stereocenters. The van der Waals surface area contributed by atoms with Gasteiger partial charge < -0.3 is 4.90 Å². The molecule has 1 aromatic rings. The van der Waals surface area contributed by atoms with Crippen LogP contribution in [0, 0.1) is 0 Å². The van der Waals surface area contributed by atoms with Crippen molar-refractivity contribution < 1.29 is 0 Å². The fraction of sp³-hybridized carbons (Fsp3) is 0.222. The first-order chi connectivity index (χ1) is 5.70. The predicted octanol–water partition coefficient (Wildman–Crippen LogP) is 2.17. The van der Waals surface area contributed by atoms with Gasteiger partial charge in [0.25, 0.3) is 0 Å². The highest BCUT2D eigenvalue weighted by Crippen LogP contribution is 2.11. The van der Waals surface area contributed by atoms with Crippen LogP contribution < -0.4 is 0 Å². The molecule has 0 bridgehead atoms. The highest BCUT2D eigenvalue weighted by Gasteiger charge is 1.93. The molecular weight excluding hydrogens is 168 g/mol. The summed E-state index contributed by atoms with van der Waals surface area (Å²) >= 11 is 4.21. The topological polar surface area (TPSA) is 15.6 Å². The highest BCUT2D eigenvalue weighted by molar-refractivity contribution is 7.96. The fourth-order valence-electron chi connectivity index (χ4n) is 0.718. The fourth-order valence-corrected chi connectivity index (χ4v) is 0.833. The van der Waals surface area contributed by atoms with Gasteiger partial charge in [0.2, 0.25) is 0 Å². The van der Waals surface area contributed by atoms with Gasteiger partial charge in [-0.25, -0.2) is 4.99 Å². The zero-order chi connectivity index (χ0) is 8.97. The first-order valence-electron chi connectivity index (χ1n) is 3.70. The van der Waals surface area contributed by atoms with E-state index in [4.69, 9.17) is 0 Å². The summed E-state index contributed by atoms with van der Waals surface area (Å²) in [4.78, 5) is 6.12. The minimum Gasteiger partial charge on any atom is -0.358 e. The zero-order valence-electron chi connectivity index (χ0n) is 7.23. The molecular formula is C9H12N2S. The third-order valence-corrected chi connectivity index (χ3v) is 1.89. The maximum atomic E-state index is 4.27. The quantitative estimate of drug-likeness (QED) is 0.398. The average Bonchev–Trinajstić information content (AvgIpc) is 2.06. The van der Waals surface area contributed by atoms with Crippen LogP contribution in [0.15, 0.2) is 35.3 Å². The van der Waals surface area contributed by atoms with Crippen LogP contribution in [-0.2, 0) is 0 Å². The molecule has 1 rings (SSSR count). The molecule has 0 aliphatic heterocycles. The molecule has 0 saturated carbocycles. The molecule has 0 aromatic heterocycles. The van der Waals surface area contributed by atoms with Crippen molar-refractivity contribution >= 4 is 23.5 Å². The van der Waals surface area contributed by atoms with Crippen molar-refractivity contribution in [2.45, 2.75) is 0 Å². The first kappa shape index (κ1) is 9.13. The van der Waals surface area contributed by atoms with Crippen molar-refractivity contribution in [1.29, 1.82) is 0 Å². The lowest BCUT2D eigenvalue weighted by Gasteiger charge is -2.09. The van der Waals surface area contributed by atoms with Crippen LogP contribution in [0.2, 0.25) is 0 Å². The van der Waals surface area contributed by atoms with Crippen LogP contribution in [0.4, 0.5) is 5.69 Å². The van der Waals surface area contributed by atoms with Gasteiger partial charge in [0.05, 0.1) is 5.69 Å². The lowest BCUT2D eigenvalue weighted by atomic mass is 10.3. The summed E-state index contributed by atoms with van der Waals surface area (Å²) in [6, 6.07) is 9.76. The third-order valence-electron chi connectivity index (χ3n) is 1.39. The van der Waals surface area contributed by atoms with E-state index in [2.05, 4.69) is 17.6 Å². The van der Waals surface area contributed by atoms with Gasteiger partial charge in [0.1, 0.15) is 0 Å². The van der Waals surface area contributed by atoms with Crippen LogP contribution in [-0.4, -0.2) is 24.2 Å². The van der Waals surface area contributed by atoms with E-state index < -0.39 is 0 Å². The number of aliphatic imine (C=N–C) groups is 1. The summed E-state index contributed by atoms with van der Waals surface area (Å²) in [5, 5.41) is 0.709. The third kappa shape index (κ3) is 2.58. The lowest BCUT2D eigenvalue weighted by Crippen LogP contribution is -2.15. The largest absolute Gasteiger partial charge is 0.358 e. The SMILES string of the molecule is CN(C)C(S)=Nc1ccccc1. The molecule has 0 spiro atoms. The van der Waals surface area contributed by atoms with Crippen LogP contribution >= 0.6 is 12.6 Å². The normalized spacial score (nSPS) is 11.4. The molecule has 0 aliphatic carbocycles. The number of rotatable bonds is 1. The van der Waals surface area contributed by atoms with Crippen LogP contribution in [0.1, 0.15) is 0 Å². The summed E-state index contributed by atoms with van der Waals surface area (Å²) in [6.45, 7) is 0. The molecule has 3 heteroatoms. The Morgan fingerprint density at radius 3 is 2.33 bits per heavy atom. The molecule has 0 N–H and O–H groups in total. The van der Waals surface area contributed by atoms with Crippen molar-refractivity contribution in [1.82, 2.24) is 4.90 Å². The Kier molecular flexibility index (Phi) is 3.17. The zero-order valence-corrected chi connectivity index (χ0v) is 8.12. The molecule has 12 heavy (non-hydrogen) atoms. The van der Waals surface area contributed by atoms with Crippen molar-refractivity contribution in [3.63, 3.8) is 0 Å². The Labute approximate surface area is 78.3 Å². The average molecular weight is 180 g/mol. The standard InChI is InChI=1S/C9H12N2S/c1-11(2)9(12)10-8-6-4-3-5-7-8/h3-7H,1-2H3,(H,10,12). The Bertz CT molecular complexity index is 267. The number of amidine groups is 1. The number of para-hydroxylation sites is 1. The number of benzene rings is 1. The maximum Gasteiger partial charge on any atom is 0.160 e. The second-order valence-corrected chi connectivity index (χ2v) is 3.04. The van der Waals surface area contributed by atoms with E-state index in [0.717, 1.165) is 5.69 Å². The number of nitrogens with zero attached hydrogens (tertiary/aromatic N) is 2. The summed E-state index contributed by atoms with van der Waals surface area (Å²) in [5.41, 5.74) is 0.927. The monoisotopic (exact) mass is 180 g/mol. The molecule has 64 valence electrons. The first-order valence-corrected chi connectivity index (χ1v) is 4.15. The Morgan fingerprint density at radius 1 is 1.25 bits per heavy atom. The van der Waals surface area contributed by atoms with Crippen molar-refractivity contribution in [2.24, 2.45) is 4.99 Å². The van der Waals surface area contributed by atoms with Gasteiger partial charge in [-0.15, -0.1) is 12.6 Å². The summed E-state index contributed by atoms with van der Waals surface area (Å²) in [6.07, 6.45) is 0. The van der Waals surface area contributed by atoms with E-state index in [1.165, 1.54) is 0 Å². The van der Waals surface area contributed by atoms with E-state index in [1.807, 2.05) is 49.3 Å². The Balaban J connectivity index is 2.81. The molecule has 0 aliphatic rings. The molecule has 0 atom stereocenters. The van der Waals surface area contributed by atoms with Gasteiger partial charge >= 0.3 is 0 Å². The molecule has 0 fully saturated rings. The minimum atomic E-state index is 0.709. The number of hydrogen-bond acceptors (Lipinski definition) is 1. The molecule has 0 heterocycles. The molecule has 0 radical (unpaired) electrons. The summed E-state index contributed by atoms with van der Waals surface area (Å²) in [7, 11) is 3.82. The van der Waals surface area contributed by atoms with E-state index in [-0.39, 0.29) is 0 Å².